The van der Waals surface area contributed by atoms with Gasteiger partial charge in [-0.1, -0.05) is 11.4 Å². The molecule has 0 aromatic carbocycles. The average molecular weight is 343 g/mol. The van der Waals surface area contributed by atoms with Crippen molar-refractivity contribution in [2.24, 2.45) is 0 Å². The molecule has 120 valence electrons. The lowest BCUT2D eigenvalue weighted by Crippen LogP contribution is -2.42. The van der Waals surface area contributed by atoms with E-state index >= 15 is 0 Å². The van der Waals surface area contributed by atoms with E-state index < -0.39 is 16.6 Å². The van der Waals surface area contributed by atoms with Crippen molar-refractivity contribution in [3.63, 3.8) is 0 Å². The third-order valence-electron chi connectivity index (χ3n) is 2.97. The summed E-state index contributed by atoms with van der Waals surface area (Å²) in [6.07, 6.45) is 10.8. The zero-order valence-corrected chi connectivity index (χ0v) is 16.0. The van der Waals surface area contributed by atoms with Crippen molar-refractivity contribution in [3.05, 3.63) is 60.0 Å². The molecule has 0 bridgehead atoms. The van der Waals surface area contributed by atoms with Gasteiger partial charge in [-0.15, -0.1) is 0 Å². The van der Waals surface area contributed by atoms with E-state index in [1.807, 2.05) is 24.3 Å². The Bertz CT molecular complexity index is 613. The lowest BCUT2D eigenvalue weighted by atomic mass is 10.5. The standard InChI is InChI=1S/C16H22N4OSi2/c1-22(2,13-7-15-17-9-5-10-18-15)21-23(3,4)14-8-16-19-11-6-12-20-16/h5-14H,1-4H3. The molecular formula is C16H22N4OSi2. The molecule has 0 atom stereocenters. The van der Waals surface area contributed by atoms with Crippen molar-refractivity contribution in [2.75, 3.05) is 0 Å². The van der Waals surface area contributed by atoms with Crippen molar-refractivity contribution in [1.82, 2.24) is 19.9 Å². The molecular weight excluding hydrogens is 320 g/mol. The maximum absolute atomic E-state index is 6.46. The molecule has 0 spiro atoms. The second-order valence-corrected chi connectivity index (χ2v) is 14.1. The largest absolute Gasteiger partial charge is 0.449 e. The van der Waals surface area contributed by atoms with Gasteiger partial charge in [0.15, 0.2) is 28.3 Å². The predicted octanol–water partition coefficient (Wildman–Crippen LogP) is 3.50. The molecule has 0 N–H and O–H groups in total. The van der Waals surface area contributed by atoms with Crippen LogP contribution in [0.3, 0.4) is 0 Å². The maximum atomic E-state index is 6.46. The summed E-state index contributed by atoms with van der Waals surface area (Å²) in [7, 11) is -3.90. The van der Waals surface area contributed by atoms with Crippen LogP contribution in [0.4, 0.5) is 0 Å². The van der Waals surface area contributed by atoms with Crippen LogP contribution in [0, 0.1) is 0 Å². The number of rotatable bonds is 6. The third kappa shape index (κ3) is 6.35. The minimum Gasteiger partial charge on any atom is -0.449 e. The summed E-state index contributed by atoms with van der Waals surface area (Å²) in [6, 6.07) is 3.62. The zero-order valence-electron chi connectivity index (χ0n) is 14.0. The Labute approximate surface area is 139 Å². The smallest absolute Gasteiger partial charge is 0.198 e. The summed E-state index contributed by atoms with van der Waals surface area (Å²) >= 11 is 0. The van der Waals surface area contributed by atoms with Crippen LogP contribution in [0.2, 0.25) is 26.2 Å². The van der Waals surface area contributed by atoms with Gasteiger partial charge in [-0.25, -0.2) is 19.9 Å². The highest BCUT2D eigenvalue weighted by atomic mass is 28.4. The molecule has 0 fully saturated rings. The Morgan fingerprint density at radius 2 is 1.04 bits per heavy atom. The lowest BCUT2D eigenvalue weighted by Gasteiger charge is -2.29. The van der Waals surface area contributed by atoms with Gasteiger partial charge >= 0.3 is 0 Å². The van der Waals surface area contributed by atoms with Crippen LogP contribution in [-0.2, 0) is 4.12 Å². The quantitative estimate of drug-likeness (QED) is 0.752. The Morgan fingerprint density at radius 3 is 1.39 bits per heavy atom. The van der Waals surface area contributed by atoms with Crippen LogP contribution in [-0.4, -0.2) is 36.6 Å². The fraction of sp³-hybridized carbons (Fsp3) is 0.250. The summed E-state index contributed by atoms with van der Waals surface area (Å²) in [5.41, 5.74) is 4.26. The molecule has 2 rings (SSSR count). The molecule has 0 unspecified atom stereocenters. The summed E-state index contributed by atoms with van der Waals surface area (Å²) in [6.45, 7) is 8.70. The molecule has 5 nitrogen and oxygen atoms in total. The first-order chi connectivity index (χ1) is 10.9. The highest BCUT2D eigenvalue weighted by molar-refractivity contribution is 6.90. The maximum Gasteiger partial charge on any atom is 0.198 e. The van der Waals surface area contributed by atoms with E-state index in [4.69, 9.17) is 4.12 Å². The minimum absolute atomic E-state index is 0.712. The topological polar surface area (TPSA) is 60.8 Å². The molecule has 2 aromatic heterocycles. The summed E-state index contributed by atoms with van der Waals surface area (Å²) < 4.78 is 6.46. The molecule has 0 radical (unpaired) electrons. The second-order valence-electron chi connectivity index (χ2n) is 6.19. The van der Waals surface area contributed by atoms with Crippen LogP contribution in [0.1, 0.15) is 11.6 Å². The van der Waals surface area contributed by atoms with Gasteiger partial charge in [0.25, 0.3) is 0 Å². The average Bonchev–Trinajstić information content (AvgIpc) is 2.52. The molecule has 0 amide bonds. The van der Waals surface area contributed by atoms with Crippen LogP contribution >= 0.6 is 0 Å². The van der Waals surface area contributed by atoms with Crippen LogP contribution in [0.5, 0.6) is 0 Å². The molecule has 2 aromatic rings. The number of hydrogen-bond donors (Lipinski definition) is 0. The molecule has 23 heavy (non-hydrogen) atoms. The number of hydrogen-bond acceptors (Lipinski definition) is 5. The van der Waals surface area contributed by atoms with Crippen molar-refractivity contribution < 1.29 is 4.12 Å². The van der Waals surface area contributed by atoms with E-state index in [1.54, 1.807) is 24.8 Å². The fourth-order valence-corrected chi connectivity index (χ4v) is 9.16. The SMILES string of the molecule is C[Si](C)(C=Cc1ncccn1)O[Si](C)(C)C=Cc1ncccn1. The molecule has 7 heteroatoms. The van der Waals surface area contributed by atoms with Gasteiger partial charge in [0.1, 0.15) is 0 Å². The van der Waals surface area contributed by atoms with E-state index in [-0.39, 0.29) is 0 Å². The third-order valence-corrected chi connectivity index (χ3v) is 9.11. The van der Waals surface area contributed by atoms with Crippen molar-refractivity contribution in [3.8, 4) is 0 Å². The van der Waals surface area contributed by atoms with E-state index in [2.05, 4.69) is 57.5 Å². The Kier molecular flexibility index (Phi) is 5.70. The summed E-state index contributed by atoms with van der Waals surface area (Å²) in [5, 5.41) is 0. The molecule has 0 aliphatic rings. The molecule has 2 heterocycles. The Hall–Kier alpha value is -1.97. The predicted molar refractivity (Wildman–Crippen MR) is 98.2 cm³/mol. The van der Waals surface area contributed by atoms with E-state index in [0.717, 1.165) is 0 Å². The van der Waals surface area contributed by atoms with Gasteiger partial charge in [0.05, 0.1) is 0 Å². The summed E-state index contributed by atoms with van der Waals surface area (Å²) in [4.78, 5) is 16.8. The Balaban J connectivity index is 2.03. The first-order valence-corrected chi connectivity index (χ1v) is 13.5. The zero-order chi connectivity index (χ0) is 16.8. The van der Waals surface area contributed by atoms with E-state index in [0.29, 0.717) is 11.6 Å². The lowest BCUT2D eigenvalue weighted by molar-refractivity contribution is 0.571. The summed E-state index contributed by atoms with van der Waals surface area (Å²) in [5.74, 6) is 1.42. The van der Waals surface area contributed by atoms with Crippen LogP contribution < -0.4 is 0 Å². The molecule has 0 saturated carbocycles. The van der Waals surface area contributed by atoms with Gasteiger partial charge in [0.2, 0.25) is 0 Å². The van der Waals surface area contributed by atoms with Gasteiger partial charge < -0.3 is 4.12 Å². The first-order valence-electron chi connectivity index (χ1n) is 7.49. The number of aromatic nitrogens is 4. The molecule has 0 aliphatic carbocycles. The normalized spacial score (nSPS) is 13.0. The molecule has 0 aliphatic heterocycles. The van der Waals surface area contributed by atoms with Crippen LogP contribution in [0.25, 0.3) is 12.2 Å². The van der Waals surface area contributed by atoms with Gasteiger partial charge in [0, 0.05) is 24.8 Å². The first kappa shape index (κ1) is 17.4. The van der Waals surface area contributed by atoms with E-state index in [1.165, 1.54) is 0 Å². The van der Waals surface area contributed by atoms with E-state index in [9.17, 15) is 0 Å². The molecule has 0 saturated heterocycles. The van der Waals surface area contributed by atoms with Gasteiger partial charge in [-0.05, 0) is 50.5 Å². The fourth-order valence-electron chi connectivity index (χ4n) is 2.09. The van der Waals surface area contributed by atoms with Crippen molar-refractivity contribution >= 4 is 28.8 Å². The Morgan fingerprint density at radius 1 is 0.696 bits per heavy atom. The highest BCUT2D eigenvalue weighted by Crippen LogP contribution is 2.18. The van der Waals surface area contributed by atoms with Crippen LogP contribution in [0.15, 0.2) is 48.3 Å². The van der Waals surface area contributed by atoms with Gasteiger partial charge in [-0.3, -0.25) is 0 Å². The van der Waals surface area contributed by atoms with Crippen molar-refractivity contribution in [2.45, 2.75) is 26.2 Å². The monoisotopic (exact) mass is 342 g/mol. The van der Waals surface area contributed by atoms with Gasteiger partial charge in [-0.2, -0.15) is 0 Å². The minimum atomic E-state index is -1.95. The van der Waals surface area contributed by atoms with Crippen molar-refractivity contribution in [1.29, 1.82) is 0 Å². The highest BCUT2D eigenvalue weighted by Gasteiger charge is 2.29. The number of nitrogens with zero attached hydrogens (tertiary/aromatic N) is 4. The second kappa shape index (κ2) is 7.54.